The molecule has 1 N–H and O–H groups in total. The molecule has 66 valence electrons. The maximum atomic E-state index is 9.94. The molecule has 0 aliphatic carbocycles. The summed E-state index contributed by atoms with van der Waals surface area (Å²) in [7, 11) is 0. The monoisotopic (exact) mass is 158 g/mol. The molecular weight excluding hydrogens is 140 g/mol. The van der Waals surface area contributed by atoms with Crippen LogP contribution in [0.3, 0.4) is 0 Å². The number of aliphatic hydroxyl groups excluding tert-OH is 1. The third-order valence-electron chi connectivity index (χ3n) is 1.76. The van der Waals surface area contributed by atoms with E-state index in [0.29, 0.717) is 6.42 Å². The van der Waals surface area contributed by atoms with Crippen LogP contribution >= 0.6 is 0 Å². The van der Waals surface area contributed by atoms with Gasteiger partial charge in [0.15, 0.2) is 0 Å². The van der Waals surface area contributed by atoms with Crippen molar-refractivity contribution in [2.75, 3.05) is 0 Å². The summed E-state index contributed by atoms with van der Waals surface area (Å²) in [5.74, 6) is 0. The molecule has 0 fully saturated rings. The summed E-state index contributed by atoms with van der Waals surface area (Å²) < 4.78 is 0. The molecule has 0 aromatic rings. The van der Waals surface area contributed by atoms with Gasteiger partial charge in [0.2, 0.25) is 0 Å². The summed E-state index contributed by atoms with van der Waals surface area (Å²) in [6.45, 7) is 2.15. The van der Waals surface area contributed by atoms with Crippen molar-refractivity contribution in [3.63, 3.8) is 0 Å². The maximum Gasteiger partial charge on any atom is 0.122 e. The summed E-state index contributed by atoms with van der Waals surface area (Å²) in [5.41, 5.74) is 0. The Morgan fingerprint density at radius 3 is 2.64 bits per heavy atom. The molecule has 0 aromatic heterocycles. The highest BCUT2D eigenvalue weighted by Gasteiger charge is 2.01. The van der Waals surface area contributed by atoms with Crippen molar-refractivity contribution < 1.29 is 9.90 Å². The van der Waals surface area contributed by atoms with E-state index < -0.39 is 6.10 Å². The van der Waals surface area contributed by atoms with E-state index in [4.69, 9.17) is 5.11 Å². The molecule has 0 aliphatic rings. The van der Waals surface area contributed by atoms with E-state index in [1.165, 1.54) is 19.3 Å². The number of carbonyl (C=O) groups excluding carboxylic acids is 1. The third kappa shape index (κ3) is 7.53. The van der Waals surface area contributed by atoms with Crippen molar-refractivity contribution in [2.45, 2.75) is 51.6 Å². The predicted molar refractivity (Wildman–Crippen MR) is 45.4 cm³/mol. The van der Waals surface area contributed by atoms with Crippen LogP contribution in [0.1, 0.15) is 45.4 Å². The quantitative estimate of drug-likeness (QED) is 0.454. The molecule has 0 saturated carbocycles. The second-order valence-corrected chi connectivity index (χ2v) is 2.91. The normalized spacial score (nSPS) is 12.9. The van der Waals surface area contributed by atoms with Crippen molar-refractivity contribution in [2.24, 2.45) is 0 Å². The summed E-state index contributed by atoms with van der Waals surface area (Å²) in [6.07, 6.45) is 6.12. The first-order valence-corrected chi connectivity index (χ1v) is 4.43. The molecule has 0 bridgehead atoms. The van der Waals surface area contributed by atoms with E-state index >= 15 is 0 Å². The van der Waals surface area contributed by atoms with Gasteiger partial charge in [-0.15, -0.1) is 0 Å². The Balaban J connectivity index is 3.03. The molecule has 0 heterocycles. The summed E-state index contributed by atoms with van der Waals surface area (Å²) in [5, 5.41) is 9.12. The Bertz CT molecular complexity index is 91.6. The minimum absolute atomic E-state index is 0.298. The van der Waals surface area contributed by atoms with Gasteiger partial charge < -0.3 is 9.90 Å². The zero-order chi connectivity index (χ0) is 8.53. The maximum absolute atomic E-state index is 9.94. The van der Waals surface area contributed by atoms with Crippen molar-refractivity contribution in [3.05, 3.63) is 0 Å². The largest absolute Gasteiger partial charge is 0.393 e. The SMILES string of the molecule is CCCCCC[C@@H](O)CC=O. The van der Waals surface area contributed by atoms with Crippen LogP contribution in [0.4, 0.5) is 0 Å². The van der Waals surface area contributed by atoms with Crippen molar-refractivity contribution in [1.82, 2.24) is 0 Å². The topological polar surface area (TPSA) is 37.3 Å². The zero-order valence-electron chi connectivity index (χ0n) is 7.25. The van der Waals surface area contributed by atoms with Gasteiger partial charge in [0.05, 0.1) is 6.10 Å². The van der Waals surface area contributed by atoms with Crippen LogP contribution in [-0.4, -0.2) is 17.5 Å². The van der Waals surface area contributed by atoms with Crippen molar-refractivity contribution in [1.29, 1.82) is 0 Å². The second kappa shape index (κ2) is 7.73. The van der Waals surface area contributed by atoms with Gasteiger partial charge in [-0.05, 0) is 6.42 Å². The van der Waals surface area contributed by atoms with Crippen LogP contribution in [0.2, 0.25) is 0 Å². The fourth-order valence-corrected chi connectivity index (χ4v) is 1.04. The lowest BCUT2D eigenvalue weighted by Gasteiger charge is -2.04. The molecule has 0 aromatic carbocycles. The molecule has 2 nitrogen and oxygen atoms in total. The predicted octanol–water partition coefficient (Wildman–Crippen LogP) is 1.91. The Hall–Kier alpha value is -0.370. The lowest BCUT2D eigenvalue weighted by molar-refractivity contribution is -0.109. The standard InChI is InChI=1S/C9H18O2/c1-2-3-4-5-6-9(11)7-8-10/h8-9,11H,2-7H2,1H3/t9-/m1/s1. The molecule has 0 amide bonds. The Labute approximate surface area is 68.6 Å². The molecule has 0 saturated heterocycles. The molecule has 0 unspecified atom stereocenters. The van der Waals surface area contributed by atoms with Crippen LogP contribution in [0.5, 0.6) is 0 Å². The van der Waals surface area contributed by atoms with Crippen molar-refractivity contribution in [3.8, 4) is 0 Å². The van der Waals surface area contributed by atoms with E-state index in [2.05, 4.69) is 6.92 Å². The fraction of sp³-hybridized carbons (Fsp3) is 0.889. The molecule has 0 spiro atoms. The Kier molecular flexibility index (Phi) is 7.47. The lowest BCUT2D eigenvalue weighted by atomic mass is 10.1. The van der Waals surface area contributed by atoms with Crippen molar-refractivity contribution >= 4 is 6.29 Å². The summed E-state index contributed by atoms with van der Waals surface area (Å²) in [6, 6.07) is 0. The van der Waals surface area contributed by atoms with Gasteiger partial charge in [-0.25, -0.2) is 0 Å². The van der Waals surface area contributed by atoms with Crippen LogP contribution < -0.4 is 0 Å². The summed E-state index contributed by atoms with van der Waals surface area (Å²) >= 11 is 0. The highest BCUT2D eigenvalue weighted by molar-refractivity contribution is 5.49. The fourth-order valence-electron chi connectivity index (χ4n) is 1.04. The van der Waals surface area contributed by atoms with Gasteiger partial charge in [-0.1, -0.05) is 32.6 Å². The van der Waals surface area contributed by atoms with Crippen LogP contribution in [0.25, 0.3) is 0 Å². The van der Waals surface area contributed by atoms with Crippen LogP contribution in [-0.2, 0) is 4.79 Å². The lowest BCUT2D eigenvalue weighted by Crippen LogP contribution is -2.06. The van der Waals surface area contributed by atoms with Gasteiger partial charge >= 0.3 is 0 Å². The average molecular weight is 158 g/mol. The number of hydrogen-bond donors (Lipinski definition) is 1. The first kappa shape index (κ1) is 10.6. The Morgan fingerprint density at radius 1 is 1.36 bits per heavy atom. The van der Waals surface area contributed by atoms with E-state index in [-0.39, 0.29) is 0 Å². The molecule has 2 heteroatoms. The van der Waals surface area contributed by atoms with E-state index in [0.717, 1.165) is 19.1 Å². The highest BCUT2D eigenvalue weighted by atomic mass is 16.3. The van der Waals surface area contributed by atoms with Crippen LogP contribution in [0, 0.1) is 0 Å². The van der Waals surface area contributed by atoms with E-state index in [1.807, 2.05) is 0 Å². The average Bonchev–Trinajstić information content (AvgIpc) is 1.99. The third-order valence-corrected chi connectivity index (χ3v) is 1.76. The molecule has 0 radical (unpaired) electrons. The molecular formula is C9H18O2. The van der Waals surface area contributed by atoms with E-state index in [9.17, 15) is 4.79 Å². The zero-order valence-corrected chi connectivity index (χ0v) is 7.25. The van der Waals surface area contributed by atoms with Gasteiger partial charge in [0, 0.05) is 6.42 Å². The second-order valence-electron chi connectivity index (χ2n) is 2.91. The van der Waals surface area contributed by atoms with Gasteiger partial charge in [0.1, 0.15) is 6.29 Å². The van der Waals surface area contributed by atoms with E-state index in [1.54, 1.807) is 0 Å². The number of carbonyl (C=O) groups is 1. The number of aldehydes is 1. The minimum atomic E-state index is -0.399. The number of unbranched alkanes of at least 4 members (excludes halogenated alkanes) is 3. The molecule has 1 atom stereocenters. The molecule has 11 heavy (non-hydrogen) atoms. The smallest absolute Gasteiger partial charge is 0.122 e. The number of hydrogen-bond acceptors (Lipinski definition) is 2. The molecule has 0 rings (SSSR count). The van der Waals surface area contributed by atoms with Gasteiger partial charge in [0.25, 0.3) is 0 Å². The first-order valence-electron chi connectivity index (χ1n) is 4.43. The number of rotatable bonds is 7. The highest BCUT2D eigenvalue weighted by Crippen LogP contribution is 2.06. The minimum Gasteiger partial charge on any atom is -0.393 e. The first-order chi connectivity index (χ1) is 5.31. The van der Waals surface area contributed by atoms with Gasteiger partial charge in [-0.3, -0.25) is 0 Å². The van der Waals surface area contributed by atoms with Gasteiger partial charge in [-0.2, -0.15) is 0 Å². The Morgan fingerprint density at radius 2 is 2.09 bits per heavy atom. The summed E-state index contributed by atoms with van der Waals surface area (Å²) in [4.78, 5) is 9.94. The molecule has 0 aliphatic heterocycles. The van der Waals surface area contributed by atoms with Crippen LogP contribution in [0.15, 0.2) is 0 Å². The number of aliphatic hydroxyl groups is 1.